The van der Waals surface area contributed by atoms with E-state index in [4.69, 9.17) is 0 Å². The third-order valence-corrected chi connectivity index (χ3v) is 3.46. The normalized spacial score (nSPS) is 11.8. The minimum Gasteiger partial charge on any atom is -0.346 e. The van der Waals surface area contributed by atoms with Crippen molar-refractivity contribution in [2.75, 3.05) is 0 Å². The van der Waals surface area contributed by atoms with Gasteiger partial charge >= 0.3 is 0 Å². The first-order valence-electron chi connectivity index (χ1n) is 6.67. The maximum atomic E-state index is 13.4. The second-order valence-corrected chi connectivity index (χ2v) is 6.92. The molecule has 108 valence electrons. The van der Waals surface area contributed by atoms with Crippen LogP contribution in [0.1, 0.15) is 32.0 Å². The van der Waals surface area contributed by atoms with E-state index in [1.165, 1.54) is 11.8 Å². The maximum absolute atomic E-state index is 13.4. The highest BCUT2D eigenvalue weighted by atomic mass is 79.9. The first kappa shape index (κ1) is 15.3. The van der Waals surface area contributed by atoms with Crippen molar-refractivity contribution in [3.05, 3.63) is 58.1 Å². The smallest absolute Gasteiger partial charge is 0.124 e. The van der Waals surface area contributed by atoms with Crippen molar-refractivity contribution in [3.8, 4) is 0 Å². The topological polar surface area (TPSA) is 17.0 Å². The predicted octanol–water partition coefficient (Wildman–Crippen LogP) is 4.33. The molecule has 2 rings (SSSR count). The standard InChI is InChI=1S/C16H20BrFN2/c1-16(2,3)19-10-15-5-4-6-20(15)11-12-7-13(17)9-14(18)8-12/h4-9,19H,10-11H2,1-3H3. The van der Waals surface area contributed by atoms with Gasteiger partial charge in [0.1, 0.15) is 5.82 Å². The molecule has 1 aromatic heterocycles. The van der Waals surface area contributed by atoms with E-state index in [1.54, 1.807) is 6.07 Å². The van der Waals surface area contributed by atoms with Gasteiger partial charge in [-0.2, -0.15) is 0 Å². The summed E-state index contributed by atoms with van der Waals surface area (Å²) in [5.41, 5.74) is 2.22. The van der Waals surface area contributed by atoms with Crippen molar-refractivity contribution in [2.24, 2.45) is 0 Å². The number of hydrogen-bond acceptors (Lipinski definition) is 1. The molecule has 0 unspecified atom stereocenters. The number of halogens is 2. The molecule has 0 aliphatic heterocycles. The SMILES string of the molecule is CC(C)(C)NCc1cccn1Cc1cc(F)cc(Br)c1. The average Bonchev–Trinajstić information content (AvgIpc) is 2.71. The van der Waals surface area contributed by atoms with Gasteiger partial charge in [-0.05, 0) is 56.7 Å². The molecular formula is C16H20BrFN2. The Kier molecular flexibility index (Phi) is 4.66. The fraction of sp³-hybridized carbons (Fsp3) is 0.375. The summed E-state index contributed by atoms with van der Waals surface area (Å²) >= 11 is 3.33. The number of nitrogens with one attached hydrogen (secondary N) is 1. The van der Waals surface area contributed by atoms with Crippen LogP contribution in [0.2, 0.25) is 0 Å². The molecule has 0 amide bonds. The minimum atomic E-state index is -0.212. The molecule has 0 fully saturated rings. The molecule has 0 spiro atoms. The lowest BCUT2D eigenvalue weighted by molar-refractivity contribution is 0.417. The van der Waals surface area contributed by atoms with Gasteiger partial charge < -0.3 is 9.88 Å². The lowest BCUT2D eigenvalue weighted by Gasteiger charge is -2.21. The number of nitrogens with zero attached hydrogens (tertiary/aromatic N) is 1. The quantitative estimate of drug-likeness (QED) is 0.878. The van der Waals surface area contributed by atoms with Crippen molar-refractivity contribution in [3.63, 3.8) is 0 Å². The predicted molar refractivity (Wildman–Crippen MR) is 84.2 cm³/mol. The molecule has 2 aromatic rings. The van der Waals surface area contributed by atoms with Crippen LogP contribution in [0.15, 0.2) is 41.0 Å². The fourth-order valence-corrected chi connectivity index (χ4v) is 2.53. The van der Waals surface area contributed by atoms with Gasteiger partial charge in [-0.25, -0.2) is 4.39 Å². The molecule has 1 N–H and O–H groups in total. The van der Waals surface area contributed by atoms with Crippen molar-refractivity contribution < 1.29 is 4.39 Å². The van der Waals surface area contributed by atoms with Gasteiger partial charge in [-0.3, -0.25) is 0 Å². The zero-order chi connectivity index (χ0) is 14.8. The maximum Gasteiger partial charge on any atom is 0.124 e. The monoisotopic (exact) mass is 338 g/mol. The van der Waals surface area contributed by atoms with E-state index < -0.39 is 0 Å². The molecule has 1 heterocycles. The van der Waals surface area contributed by atoms with Crippen LogP contribution in [-0.2, 0) is 13.1 Å². The van der Waals surface area contributed by atoms with Crippen LogP contribution in [0.3, 0.4) is 0 Å². The van der Waals surface area contributed by atoms with Crippen LogP contribution < -0.4 is 5.32 Å². The molecule has 0 bridgehead atoms. The lowest BCUT2D eigenvalue weighted by atomic mass is 10.1. The van der Waals surface area contributed by atoms with Crippen LogP contribution in [-0.4, -0.2) is 10.1 Å². The van der Waals surface area contributed by atoms with Crippen LogP contribution in [0.5, 0.6) is 0 Å². The van der Waals surface area contributed by atoms with E-state index in [9.17, 15) is 4.39 Å². The highest BCUT2D eigenvalue weighted by molar-refractivity contribution is 9.10. The Morgan fingerprint density at radius 3 is 2.65 bits per heavy atom. The van der Waals surface area contributed by atoms with E-state index in [0.717, 1.165) is 16.6 Å². The zero-order valence-electron chi connectivity index (χ0n) is 12.1. The molecule has 0 radical (unpaired) electrons. The van der Waals surface area contributed by atoms with Crippen LogP contribution in [0, 0.1) is 5.82 Å². The highest BCUT2D eigenvalue weighted by Crippen LogP contribution is 2.17. The summed E-state index contributed by atoms with van der Waals surface area (Å²) in [7, 11) is 0. The van der Waals surface area contributed by atoms with Gasteiger partial charge in [-0.15, -0.1) is 0 Å². The van der Waals surface area contributed by atoms with Gasteiger partial charge in [0, 0.05) is 35.0 Å². The summed E-state index contributed by atoms with van der Waals surface area (Å²) in [5.74, 6) is -0.212. The number of benzene rings is 1. The van der Waals surface area contributed by atoms with Crippen molar-refractivity contribution >= 4 is 15.9 Å². The number of rotatable bonds is 4. The summed E-state index contributed by atoms with van der Waals surface area (Å²) in [6.45, 7) is 7.90. The van der Waals surface area contributed by atoms with Gasteiger partial charge in [0.05, 0.1) is 0 Å². The third kappa shape index (κ3) is 4.46. The third-order valence-electron chi connectivity index (χ3n) is 3.00. The van der Waals surface area contributed by atoms with Gasteiger partial charge in [-0.1, -0.05) is 15.9 Å². The molecule has 0 atom stereocenters. The summed E-state index contributed by atoms with van der Waals surface area (Å²) in [4.78, 5) is 0. The Morgan fingerprint density at radius 1 is 1.25 bits per heavy atom. The van der Waals surface area contributed by atoms with E-state index in [2.05, 4.69) is 52.7 Å². The molecule has 4 heteroatoms. The van der Waals surface area contributed by atoms with Gasteiger partial charge in [0.15, 0.2) is 0 Å². The molecular weight excluding hydrogens is 319 g/mol. The highest BCUT2D eigenvalue weighted by Gasteiger charge is 2.10. The molecule has 20 heavy (non-hydrogen) atoms. The molecule has 0 saturated heterocycles. The van der Waals surface area contributed by atoms with Crippen LogP contribution >= 0.6 is 15.9 Å². The number of aromatic nitrogens is 1. The average molecular weight is 339 g/mol. The van der Waals surface area contributed by atoms with E-state index in [0.29, 0.717) is 6.54 Å². The van der Waals surface area contributed by atoms with Gasteiger partial charge in [0.25, 0.3) is 0 Å². The second kappa shape index (κ2) is 6.10. The Bertz CT molecular complexity index is 564. The fourth-order valence-electron chi connectivity index (χ4n) is 2.02. The number of hydrogen-bond donors (Lipinski definition) is 1. The lowest BCUT2D eigenvalue weighted by Crippen LogP contribution is -2.35. The van der Waals surface area contributed by atoms with Crippen LogP contribution in [0.25, 0.3) is 0 Å². The van der Waals surface area contributed by atoms with Gasteiger partial charge in [0.2, 0.25) is 0 Å². The zero-order valence-corrected chi connectivity index (χ0v) is 13.7. The summed E-state index contributed by atoms with van der Waals surface area (Å²) in [6.07, 6.45) is 2.03. The van der Waals surface area contributed by atoms with E-state index in [1.807, 2.05) is 18.3 Å². The molecule has 1 aromatic carbocycles. The Morgan fingerprint density at radius 2 is 2.00 bits per heavy atom. The molecule has 0 aliphatic carbocycles. The molecule has 0 saturated carbocycles. The van der Waals surface area contributed by atoms with E-state index >= 15 is 0 Å². The first-order chi connectivity index (χ1) is 9.33. The van der Waals surface area contributed by atoms with Crippen molar-refractivity contribution in [1.29, 1.82) is 0 Å². The summed E-state index contributed by atoms with van der Waals surface area (Å²) in [5, 5.41) is 3.47. The van der Waals surface area contributed by atoms with E-state index in [-0.39, 0.29) is 11.4 Å². The Hall–Kier alpha value is -1.13. The summed E-state index contributed by atoms with van der Waals surface area (Å²) < 4.78 is 16.3. The van der Waals surface area contributed by atoms with Crippen molar-refractivity contribution in [1.82, 2.24) is 9.88 Å². The van der Waals surface area contributed by atoms with Crippen molar-refractivity contribution in [2.45, 2.75) is 39.4 Å². The molecule has 0 aliphatic rings. The first-order valence-corrected chi connectivity index (χ1v) is 7.47. The Labute approximate surface area is 128 Å². The summed E-state index contributed by atoms with van der Waals surface area (Å²) in [6, 6.07) is 9.11. The molecule has 2 nitrogen and oxygen atoms in total. The minimum absolute atomic E-state index is 0.0803. The largest absolute Gasteiger partial charge is 0.346 e. The van der Waals surface area contributed by atoms with Crippen LogP contribution in [0.4, 0.5) is 4.39 Å². The Balaban J connectivity index is 2.12. The second-order valence-electron chi connectivity index (χ2n) is 6.01.